The molecule has 0 bridgehead atoms. The molecule has 2 heterocycles. The van der Waals surface area contributed by atoms with Crippen LogP contribution < -0.4 is 17.0 Å². The van der Waals surface area contributed by atoms with Gasteiger partial charge in [-0.3, -0.25) is 15.0 Å². The number of aromatic nitrogens is 2. The summed E-state index contributed by atoms with van der Waals surface area (Å²) < 4.78 is 25.7. The molecule has 1 aromatic heterocycles. The molecule has 0 saturated carbocycles. The third-order valence-electron chi connectivity index (χ3n) is 4.62. The van der Waals surface area contributed by atoms with E-state index in [1.165, 1.54) is 23.2 Å². The van der Waals surface area contributed by atoms with Crippen molar-refractivity contribution in [3.8, 4) is 11.3 Å². The lowest BCUT2D eigenvalue weighted by molar-refractivity contribution is -0.118. The van der Waals surface area contributed by atoms with E-state index in [4.69, 9.17) is 11.6 Å². The van der Waals surface area contributed by atoms with E-state index in [2.05, 4.69) is 9.97 Å². The van der Waals surface area contributed by atoms with Crippen molar-refractivity contribution in [3.05, 3.63) is 36.2 Å². The van der Waals surface area contributed by atoms with Crippen molar-refractivity contribution in [2.24, 2.45) is 5.84 Å². The third-order valence-corrected chi connectivity index (χ3v) is 6.81. The first-order valence-corrected chi connectivity index (χ1v) is 10.1. The minimum atomic E-state index is -3.57. The van der Waals surface area contributed by atoms with Crippen LogP contribution in [0.4, 0.5) is 5.82 Å². The van der Waals surface area contributed by atoms with Crippen LogP contribution in [-0.4, -0.2) is 53.9 Å². The molecule has 1 saturated heterocycles. The summed E-state index contributed by atoms with van der Waals surface area (Å²) in [4.78, 5) is 32.4. The summed E-state index contributed by atoms with van der Waals surface area (Å²) in [5, 5.41) is -0.631. The van der Waals surface area contributed by atoms with Crippen LogP contribution in [0, 0.1) is 0 Å². The molecule has 2 amide bonds. The van der Waals surface area contributed by atoms with Crippen LogP contribution >= 0.6 is 0 Å². The summed E-state index contributed by atoms with van der Waals surface area (Å²) in [5.74, 6) is 4.36. The number of benzene rings is 1. The van der Waals surface area contributed by atoms with Crippen molar-refractivity contribution in [3.63, 3.8) is 0 Å². The van der Waals surface area contributed by atoms with Crippen LogP contribution in [0.25, 0.3) is 11.3 Å². The Bertz CT molecular complexity index is 993. The topological polar surface area (TPSA) is 161 Å². The van der Waals surface area contributed by atoms with Crippen LogP contribution in [0.1, 0.15) is 23.3 Å². The van der Waals surface area contributed by atoms with Crippen molar-refractivity contribution in [2.75, 3.05) is 18.8 Å². The number of amides is 2. The van der Waals surface area contributed by atoms with Gasteiger partial charge < -0.3 is 10.6 Å². The Hall–Kier alpha value is -3.05. The number of piperidine rings is 1. The number of nitrogens with one attached hydrogen (secondary N) is 1. The van der Waals surface area contributed by atoms with Crippen molar-refractivity contribution >= 4 is 28.0 Å². The number of hydrogen-bond donors (Lipinski definition) is 3. The van der Waals surface area contributed by atoms with E-state index in [1.807, 2.05) is 5.43 Å². The van der Waals surface area contributed by atoms with Crippen molar-refractivity contribution < 1.29 is 18.0 Å². The smallest absolute Gasteiger partial charge is 0.287 e. The normalized spacial score (nSPS) is 17.2. The fourth-order valence-electron chi connectivity index (χ4n) is 3.10. The molecule has 28 heavy (non-hydrogen) atoms. The molecular weight excluding hydrogens is 384 g/mol. The highest BCUT2D eigenvalue weighted by Gasteiger charge is 2.31. The molecule has 1 unspecified atom stereocenters. The second-order valence-electron chi connectivity index (χ2n) is 6.40. The average Bonchev–Trinajstić information content (AvgIpc) is 2.73. The molecule has 1 aliphatic heterocycles. The lowest BCUT2D eigenvalue weighted by Crippen LogP contribution is -2.41. The van der Waals surface area contributed by atoms with Gasteiger partial charge in [-0.1, -0.05) is 12.1 Å². The molecule has 1 aromatic carbocycles. The highest BCUT2D eigenvalue weighted by atomic mass is 32.2. The second kappa shape index (κ2) is 7.90. The molecule has 0 spiro atoms. The van der Waals surface area contributed by atoms with Gasteiger partial charge in [0.05, 0.1) is 22.0 Å². The standard InChI is InChI=1S/C17H20N6O4S/c18-16-15(17(25)22-19)21-14(8-20-16)11-3-5-12(6-4-11)28(26,27)13-2-1-7-23(9-13)10-24/h3-6,8,10,13H,1-2,7,9,19H2,(H2,18,20)(H,22,25). The molecule has 3 rings (SSSR count). The van der Waals surface area contributed by atoms with Crippen LogP contribution in [0.2, 0.25) is 0 Å². The summed E-state index contributed by atoms with van der Waals surface area (Å²) in [6, 6.07) is 6.12. The third kappa shape index (κ3) is 3.80. The van der Waals surface area contributed by atoms with E-state index >= 15 is 0 Å². The predicted octanol–water partition coefficient (Wildman–Crippen LogP) is -0.276. The number of sulfone groups is 1. The van der Waals surface area contributed by atoms with E-state index in [1.54, 1.807) is 12.1 Å². The average molecular weight is 404 g/mol. The number of nitrogens with two attached hydrogens (primary N) is 2. The Morgan fingerprint density at radius 1 is 1.29 bits per heavy atom. The fraction of sp³-hybridized carbons (Fsp3) is 0.294. The summed E-state index contributed by atoms with van der Waals surface area (Å²) in [7, 11) is -3.57. The highest BCUT2D eigenvalue weighted by molar-refractivity contribution is 7.92. The first-order chi connectivity index (χ1) is 13.4. The van der Waals surface area contributed by atoms with Gasteiger partial charge in [0.1, 0.15) is 0 Å². The molecule has 10 nitrogen and oxygen atoms in total. The quantitative estimate of drug-likeness (QED) is 0.265. The summed E-state index contributed by atoms with van der Waals surface area (Å²) >= 11 is 0. The zero-order valence-electron chi connectivity index (χ0n) is 14.9. The van der Waals surface area contributed by atoms with Crippen LogP contribution in [-0.2, 0) is 14.6 Å². The number of anilines is 1. The zero-order chi connectivity index (χ0) is 20.3. The fourth-order valence-corrected chi connectivity index (χ4v) is 4.86. The molecule has 11 heteroatoms. The molecule has 2 aromatic rings. The van der Waals surface area contributed by atoms with Gasteiger partial charge in [0, 0.05) is 18.7 Å². The molecule has 0 radical (unpaired) electrons. The Labute approximate surface area is 161 Å². The molecule has 5 N–H and O–H groups in total. The Balaban J connectivity index is 1.87. The summed E-state index contributed by atoms with van der Waals surface area (Å²) in [6.45, 7) is 0.761. The van der Waals surface area contributed by atoms with Gasteiger partial charge in [0.25, 0.3) is 5.91 Å². The number of carbonyl (C=O) groups is 2. The van der Waals surface area contributed by atoms with Gasteiger partial charge in [-0.2, -0.15) is 0 Å². The maximum Gasteiger partial charge on any atom is 0.287 e. The van der Waals surface area contributed by atoms with E-state index < -0.39 is 21.0 Å². The largest absolute Gasteiger partial charge is 0.382 e. The lowest BCUT2D eigenvalue weighted by atomic mass is 10.1. The van der Waals surface area contributed by atoms with Crippen LogP contribution in [0.5, 0.6) is 0 Å². The van der Waals surface area contributed by atoms with Crippen molar-refractivity contribution in [2.45, 2.75) is 23.0 Å². The number of nitrogens with zero attached hydrogens (tertiary/aromatic N) is 3. The first kappa shape index (κ1) is 19.7. The molecule has 1 aliphatic rings. The Morgan fingerprint density at radius 2 is 2.00 bits per heavy atom. The van der Waals surface area contributed by atoms with Gasteiger partial charge in [-0.15, -0.1) is 0 Å². The van der Waals surface area contributed by atoms with Gasteiger partial charge >= 0.3 is 0 Å². The second-order valence-corrected chi connectivity index (χ2v) is 8.62. The first-order valence-electron chi connectivity index (χ1n) is 8.54. The van der Waals surface area contributed by atoms with Gasteiger partial charge in [0.2, 0.25) is 6.41 Å². The summed E-state index contributed by atoms with van der Waals surface area (Å²) in [6.07, 6.45) is 3.22. The number of hydrogen-bond acceptors (Lipinski definition) is 8. The van der Waals surface area contributed by atoms with Crippen molar-refractivity contribution in [1.29, 1.82) is 0 Å². The van der Waals surface area contributed by atoms with E-state index in [-0.39, 0.29) is 23.0 Å². The zero-order valence-corrected chi connectivity index (χ0v) is 15.7. The van der Waals surface area contributed by atoms with E-state index in [0.29, 0.717) is 37.1 Å². The highest BCUT2D eigenvalue weighted by Crippen LogP contribution is 2.26. The van der Waals surface area contributed by atoms with Crippen LogP contribution in [0.3, 0.4) is 0 Å². The number of rotatable bonds is 5. The van der Waals surface area contributed by atoms with Gasteiger partial charge in [-0.25, -0.2) is 24.2 Å². The van der Waals surface area contributed by atoms with E-state index in [0.717, 1.165) is 0 Å². The maximum atomic E-state index is 12.9. The Morgan fingerprint density at radius 3 is 2.64 bits per heavy atom. The maximum absolute atomic E-state index is 12.9. The monoisotopic (exact) mass is 404 g/mol. The minimum absolute atomic E-state index is 0.0667. The molecule has 1 atom stereocenters. The van der Waals surface area contributed by atoms with Gasteiger partial charge in [0.15, 0.2) is 21.3 Å². The lowest BCUT2D eigenvalue weighted by Gasteiger charge is -2.29. The number of likely N-dealkylation sites (tertiary alicyclic amines) is 1. The predicted molar refractivity (Wildman–Crippen MR) is 101 cm³/mol. The molecule has 0 aliphatic carbocycles. The number of nitrogen functional groups attached to an aromatic ring is 2. The van der Waals surface area contributed by atoms with Crippen molar-refractivity contribution in [1.82, 2.24) is 20.3 Å². The summed E-state index contributed by atoms with van der Waals surface area (Å²) in [5.41, 5.74) is 8.37. The number of carbonyl (C=O) groups excluding carboxylic acids is 2. The van der Waals surface area contributed by atoms with Gasteiger partial charge in [-0.05, 0) is 25.0 Å². The SMILES string of the molecule is NNC(=O)c1nc(-c2ccc(S(=O)(=O)C3CCCN(C=O)C3)cc2)cnc1N. The van der Waals surface area contributed by atoms with E-state index in [9.17, 15) is 18.0 Å². The number of hydrazine groups is 1. The minimum Gasteiger partial charge on any atom is -0.382 e. The Kier molecular flexibility index (Phi) is 5.56. The molecular formula is C17H20N6O4S. The molecule has 148 valence electrons. The molecule has 1 fully saturated rings. The van der Waals surface area contributed by atoms with Crippen LogP contribution in [0.15, 0.2) is 35.4 Å².